The van der Waals surface area contributed by atoms with Crippen molar-refractivity contribution < 1.29 is 9.69 Å². The summed E-state index contributed by atoms with van der Waals surface area (Å²) in [5.74, 6) is 0.846. The summed E-state index contributed by atoms with van der Waals surface area (Å²) in [6, 6.07) is 17.2. The lowest BCUT2D eigenvalue weighted by molar-refractivity contribution is -0.917. The van der Waals surface area contributed by atoms with E-state index in [-0.39, 0.29) is 5.91 Å². The molecular formula is C24H30N3OS+. The zero-order valence-corrected chi connectivity index (χ0v) is 18.2. The molecule has 0 atom stereocenters. The zero-order chi connectivity index (χ0) is 20.2. The molecule has 0 radical (unpaired) electrons. The third-order valence-corrected chi connectivity index (χ3v) is 6.91. The van der Waals surface area contributed by atoms with Crippen molar-refractivity contribution in [1.29, 1.82) is 0 Å². The number of aromatic nitrogens is 1. The summed E-state index contributed by atoms with van der Waals surface area (Å²) in [5.41, 5.74) is 3.82. The Morgan fingerprint density at radius 3 is 2.52 bits per heavy atom. The first-order valence-electron chi connectivity index (χ1n) is 10.6. The number of fused-ring (bicyclic) bond motifs is 1. The molecule has 1 fully saturated rings. The summed E-state index contributed by atoms with van der Waals surface area (Å²) in [5, 5.41) is 1.06. The van der Waals surface area contributed by atoms with Gasteiger partial charge in [0.2, 0.25) is 5.91 Å². The number of hydrogen-bond donors (Lipinski definition) is 1. The fourth-order valence-corrected chi connectivity index (χ4v) is 4.92. The van der Waals surface area contributed by atoms with Crippen LogP contribution in [-0.2, 0) is 17.8 Å². The lowest BCUT2D eigenvalue weighted by Gasteiger charge is -2.32. The number of rotatable bonds is 6. The van der Waals surface area contributed by atoms with E-state index in [9.17, 15) is 4.79 Å². The molecule has 152 valence electrons. The van der Waals surface area contributed by atoms with Crippen molar-refractivity contribution in [1.82, 2.24) is 9.88 Å². The maximum atomic E-state index is 12.6. The summed E-state index contributed by atoms with van der Waals surface area (Å²) in [6.45, 7) is 9.28. The molecule has 29 heavy (non-hydrogen) atoms. The number of piperazine rings is 1. The van der Waals surface area contributed by atoms with Crippen molar-refractivity contribution >= 4 is 27.5 Å². The fourth-order valence-electron chi connectivity index (χ4n) is 3.96. The molecule has 2 heterocycles. The molecule has 1 aliphatic rings. The van der Waals surface area contributed by atoms with Crippen LogP contribution >= 0.6 is 11.3 Å². The number of aryl methyl sites for hydroxylation is 1. The molecule has 2 aromatic carbocycles. The van der Waals surface area contributed by atoms with Gasteiger partial charge >= 0.3 is 0 Å². The Morgan fingerprint density at radius 1 is 1.10 bits per heavy atom. The number of amides is 1. The summed E-state index contributed by atoms with van der Waals surface area (Å²) >= 11 is 1.70. The highest BCUT2D eigenvalue weighted by Gasteiger charge is 2.23. The molecule has 1 aromatic heterocycles. The largest absolute Gasteiger partial charge is 0.331 e. The lowest BCUT2D eigenvalue weighted by atomic mass is 10.0. The smallest absolute Gasteiger partial charge is 0.223 e. The van der Waals surface area contributed by atoms with Gasteiger partial charge in [0.25, 0.3) is 0 Å². The van der Waals surface area contributed by atoms with Crippen LogP contribution in [0, 0.1) is 0 Å². The van der Waals surface area contributed by atoms with Gasteiger partial charge in [0.05, 0.1) is 41.4 Å². The number of quaternary nitrogens is 1. The van der Waals surface area contributed by atoms with Crippen molar-refractivity contribution in [3.63, 3.8) is 0 Å². The second kappa shape index (κ2) is 9.06. The number of nitrogens with zero attached hydrogens (tertiary/aromatic N) is 2. The van der Waals surface area contributed by atoms with Crippen LogP contribution in [0.5, 0.6) is 0 Å². The highest BCUT2D eigenvalue weighted by molar-refractivity contribution is 7.18. The zero-order valence-electron chi connectivity index (χ0n) is 17.4. The molecule has 1 aliphatic heterocycles. The van der Waals surface area contributed by atoms with Gasteiger partial charge in [-0.1, -0.05) is 50.2 Å². The van der Waals surface area contributed by atoms with E-state index in [0.29, 0.717) is 12.3 Å². The number of para-hydroxylation sites is 1. The van der Waals surface area contributed by atoms with Gasteiger partial charge in [-0.25, -0.2) is 4.98 Å². The molecule has 4 nitrogen and oxygen atoms in total. The van der Waals surface area contributed by atoms with E-state index in [2.05, 4.69) is 49.2 Å². The second-order valence-electron chi connectivity index (χ2n) is 8.28. The number of carbonyl (C=O) groups excluding carboxylic acids is 1. The van der Waals surface area contributed by atoms with Crippen molar-refractivity contribution in [2.24, 2.45) is 0 Å². The Balaban J connectivity index is 1.24. The normalized spacial score (nSPS) is 15.3. The van der Waals surface area contributed by atoms with E-state index in [4.69, 9.17) is 0 Å². The van der Waals surface area contributed by atoms with Crippen LogP contribution in [0.1, 0.15) is 42.3 Å². The SMILES string of the molecule is CC(C)c1ccc(C[NH+]2CCN(C(=O)CCc3nc4ccccc4s3)CC2)cc1. The van der Waals surface area contributed by atoms with Crippen molar-refractivity contribution in [2.75, 3.05) is 26.2 Å². The van der Waals surface area contributed by atoms with Gasteiger partial charge in [0, 0.05) is 18.4 Å². The topological polar surface area (TPSA) is 37.6 Å². The highest BCUT2D eigenvalue weighted by atomic mass is 32.1. The predicted molar refractivity (Wildman–Crippen MR) is 119 cm³/mol. The van der Waals surface area contributed by atoms with Crippen LogP contribution in [-0.4, -0.2) is 42.0 Å². The summed E-state index contributed by atoms with van der Waals surface area (Å²) in [4.78, 5) is 20.9. The fraction of sp³-hybridized carbons (Fsp3) is 0.417. The minimum absolute atomic E-state index is 0.268. The number of hydrogen-bond acceptors (Lipinski definition) is 3. The van der Waals surface area contributed by atoms with Gasteiger partial charge in [0.15, 0.2) is 0 Å². The summed E-state index contributed by atoms with van der Waals surface area (Å²) in [6.07, 6.45) is 1.30. The van der Waals surface area contributed by atoms with Crippen LogP contribution in [0.25, 0.3) is 10.2 Å². The van der Waals surface area contributed by atoms with E-state index >= 15 is 0 Å². The van der Waals surface area contributed by atoms with Gasteiger partial charge in [-0.15, -0.1) is 11.3 Å². The van der Waals surface area contributed by atoms with Crippen LogP contribution in [0.4, 0.5) is 0 Å². The minimum atomic E-state index is 0.268. The van der Waals surface area contributed by atoms with Crippen molar-refractivity contribution in [3.05, 3.63) is 64.7 Å². The van der Waals surface area contributed by atoms with E-state index in [1.807, 2.05) is 23.1 Å². The van der Waals surface area contributed by atoms with Gasteiger partial charge in [0.1, 0.15) is 6.54 Å². The van der Waals surface area contributed by atoms with Gasteiger partial charge in [-0.3, -0.25) is 4.79 Å². The van der Waals surface area contributed by atoms with E-state index in [0.717, 1.165) is 49.7 Å². The van der Waals surface area contributed by atoms with E-state index in [1.165, 1.54) is 15.8 Å². The molecule has 3 aromatic rings. The summed E-state index contributed by atoms with van der Waals surface area (Å²) < 4.78 is 1.20. The Morgan fingerprint density at radius 2 is 1.83 bits per heavy atom. The first-order chi connectivity index (χ1) is 14.1. The third kappa shape index (κ3) is 5.03. The van der Waals surface area contributed by atoms with Crippen LogP contribution in [0.15, 0.2) is 48.5 Å². The lowest BCUT2D eigenvalue weighted by Crippen LogP contribution is -3.13. The first kappa shape index (κ1) is 20.0. The molecule has 5 heteroatoms. The Hall–Kier alpha value is -2.24. The molecule has 0 unspecified atom stereocenters. The average Bonchev–Trinajstić information content (AvgIpc) is 3.16. The molecule has 1 saturated heterocycles. The van der Waals surface area contributed by atoms with Crippen LogP contribution < -0.4 is 4.90 Å². The minimum Gasteiger partial charge on any atom is -0.331 e. The molecule has 4 rings (SSSR count). The van der Waals surface area contributed by atoms with Crippen molar-refractivity contribution in [3.8, 4) is 0 Å². The van der Waals surface area contributed by atoms with E-state index in [1.54, 1.807) is 16.2 Å². The predicted octanol–water partition coefficient (Wildman–Crippen LogP) is 3.28. The van der Waals surface area contributed by atoms with Gasteiger partial charge in [-0.05, 0) is 23.6 Å². The molecular weight excluding hydrogens is 378 g/mol. The maximum Gasteiger partial charge on any atom is 0.223 e. The first-order valence-corrected chi connectivity index (χ1v) is 11.4. The van der Waals surface area contributed by atoms with Crippen LogP contribution in [0.2, 0.25) is 0 Å². The third-order valence-electron chi connectivity index (χ3n) is 5.81. The Labute approximate surface area is 177 Å². The summed E-state index contributed by atoms with van der Waals surface area (Å²) in [7, 11) is 0. The molecule has 0 aliphatic carbocycles. The van der Waals surface area contributed by atoms with Crippen molar-refractivity contribution in [2.45, 2.75) is 39.2 Å². The van der Waals surface area contributed by atoms with Gasteiger partial charge < -0.3 is 9.80 Å². The monoisotopic (exact) mass is 408 g/mol. The average molecular weight is 409 g/mol. The number of thiazole rings is 1. The molecule has 1 amide bonds. The van der Waals surface area contributed by atoms with Crippen LogP contribution in [0.3, 0.4) is 0 Å². The number of nitrogens with one attached hydrogen (secondary N) is 1. The molecule has 0 spiro atoms. The molecule has 0 saturated carbocycles. The second-order valence-corrected chi connectivity index (χ2v) is 9.39. The number of carbonyl (C=O) groups is 1. The van der Waals surface area contributed by atoms with Gasteiger partial charge in [-0.2, -0.15) is 0 Å². The number of benzene rings is 2. The molecule has 1 N–H and O–H groups in total. The Bertz CT molecular complexity index is 923. The standard InChI is InChI=1S/C24H29N3OS/c1-18(2)20-9-7-19(8-10-20)17-26-13-15-27(16-14-26)24(28)12-11-23-25-21-5-3-4-6-22(21)29-23/h3-10,18H,11-17H2,1-2H3/p+1. The Kier molecular flexibility index (Phi) is 6.26. The maximum absolute atomic E-state index is 12.6. The highest BCUT2D eigenvalue weighted by Crippen LogP contribution is 2.22. The van der Waals surface area contributed by atoms with E-state index < -0.39 is 0 Å². The molecule has 0 bridgehead atoms. The quantitative estimate of drug-likeness (QED) is 0.680.